The molecule has 0 saturated heterocycles. The van der Waals surface area contributed by atoms with Crippen LogP contribution in [0.5, 0.6) is 0 Å². The minimum absolute atomic E-state index is 0.180. The summed E-state index contributed by atoms with van der Waals surface area (Å²) in [6.45, 7) is 2.35. The van der Waals surface area contributed by atoms with E-state index in [1.807, 2.05) is 25.1 Å². The summed E-state index contributed by atoms with van der Waals surface area (Å²) in [5, 5.41) is 3.05. The number of hydrogen-bond donors (Lipinski definition) is 1. The SMILES string of the molecule is CCNC(c1cc(I)ccc1Br)c1c(F)cc(F)cc1F. The van der Waals surface area contributed by atoms with Crippen molar-refractivity contribution in [3.05, 3.63) is 67.0 Å². The Kier molecular flexibility index (Phi) is 5.67. The summed E-state index contributed by atoms with van der Waals surface area (Å²) in [7, 11) is 0. The summed E-state index contributed by atoms with van der Waals surface area (Å²) < 4.78 is 42.9. The number of benzene rings is 2. The first-order chi connectivity index (χ1) is 9.93. The van der Waals surface area contributed by atoms with Gasteiger partial charge < -0.3 is 5.32 Å². The highest BCUT2D eigenvalue weighted by molar-refractivity contribution is 14.1. The number of rotatable bonds is 4. The molecule has 0 radical (unpaired) electrons. The smallest absolute Gasteiger partial charge is 0.134 e. The number of nitrogens with one attached hydrogen (secondary N) is 1. The van der Waals surface area contributed by atoms with Gasteiger partial charge in [-0.05, 0) is 52.9 Å². The van der Waals surface area contributed by atoms with Gasteiger partial charge in [-0.25, -0.2) is 13.2 Å². The molecule has 1 N–H and O–H groups in total. The van der Waals surface area contributed by atoms with Gasteiger partial charge in [-0.2, -0.15) is 0 Å². The van der Waals surface area contributed by atoms with Crippen molar-refractivity contribution >= 4 is 38.5 Å². The Hall–Kier alpha value is -0.600. The quantitative estimate of drug-likeness (QED) is 0.609. The fourth-order valence-corrected chi connectivity index (χ4v) is 3.13. The first kappa shape index (κ1) is 16.8. The van der Waals surface area contributed by atoms with Crippen molar-refractivity contribution in [2.75, 3.05) is 6.54 Å². The van der Waals surface area contributed by atoms with E-state index >= 15 is 0 Å². The lowest BCUT2D eigenvalue weighted by Gasteiger charge is -2.21. The van der Waals surface area contributed by atoms with Crippen LogP contribution in [0.4, 0.5) is 13.2 Å². The predicted molar refractivity (Wildman–Crippen MR) is 88.7 cm³/mol. The maximum Gasteiger partial charge on any atom is 0.134 e. The van der Waals surface area contributed by atoms with Gasteiger partial charge in [0.05, 0.1) is 6.04 Å². The van der Waals surface area contributed by atoms with Crippen LogP contribution in [0.3, 0.4) is 0 Å². The molecule has 0 aliphatic heterocycles. The van der Waals surface area contributed by atoms with E-state index < -0.39 is 23.5 Å². The molecule has 1 nitrogen and oxygen atoms in total. The molecule has 0 bridgehead atoms. The summed E-state index contributed by atoms with van der Waals surface area (Å²) in [5.41, 5.74) is 0.522. The largest absolute Gasteiger partial charge is 0.306 e. The van der Waals surface area contributed by atoms with Crippen molar-refractivity contribution in [1.82, 2.24) is 5.32 Å². The molecule has 21 heavy (non-hydrogen) atoms. The summed E-state index contributed by atoms with van der Waals surface area (Å²) in [5.74, 6) is -2.72. The summed E-state index contributed by atoms with van der Waals surface area (Å²) in [4.78, 5) is 0. The molecule has 2 aromatic rings. The van der Waals surface area contributed by atoms with E-state index in [4.69, 9.17) is 0 Å². The van der Waals surface area contributed by atoms with Crippen molar-refractivity contribution in [2.24, 2.45) is 0 Å². The third-order valence-electron chi connectivity index (χ3n) is 3.01. The second-order valence-corrected chi connectivity index (χ2v) is 6.54. The van der Waals surface area contributed by atoms with Crippen LogP contribution in [0.1, 0.15) is 24.1 Å². The van der Waals surface area contributed by atoms with Crippen molar-refractivity contribution in [3.8, 4) is 0 Å². The van der Waals surface area contributed by atoms with Crippen LogP contribution in [0.15, 0.2) is 34.8 Å². The lowest BCUT2D eigenvalue weighted by molar-refractivity contribution is 0.491. The van der Waals surface area contributed by atoms with E-state index in [0.717, 1.165) is 8.04 Å². The van der Waals surface area contributed by atoms with Crippen molar-refractivity contribution in [1.29, 1.82) is 0 Å². The van der Waals surface area contributed by atoms with Gasteiger partial charge in [-0.15, -0.1) is 0 Å². The summed E-state index contributed by atoms with van der Waals surface area (Å²) >= 11 is 5.53. The zero-order chi connectivity index (χ0) is 15.6. The fourth-order valence-electron chi connectivity index (χ4n) is 2.14. The molecule has 1 unspecified atom stereocenters. The topological polar surface area (TPSA) is 12.0 Å². The highest BCUT2D eigenvalue weighted by Gasteiger charge is 2.24. The van der Waals surface area contributed by atoms with Crippen LogP contribution >= 0.6 is 38.5 Å². The number of hydrogen-bond acceptors (Lipinski definition) is 1. The number of halogens is 5. The van der Waals surface area contributed by atoms with Gasteiger partial charge in [0.15, 0.2) is 0 Å². The third kappa shape index (κ3) is 3.78. The van der Waals surface area contributed by atoms with Gasteiger partial charge in [0.25, 0.3) is 0 Å². The van der Waals surface area contributed by atoms with E-state index in [-0.39, 0.29) is 5.56 Å². The zero-order valence-electron chi connectivity index (χ0n) is 11.1. The van der Waals surface area contributed by atoms with E-state index in [0.29, 0.717) is 24.2 Å². The van der Waals surface area contributed by atoms with Crippen LogP contribution in [-0.4, -0.2) is 6.54 Å². The Labute approximate surface area is 143 Å². The van der Waals surface area contributed by atoms with Crippen molar-refractivity contribution in [2.45, 2.75) is 13.0 Å². The van der Waals surface area contributed by atoms with E-state index in [1.54, 1.807) is 0 Å². The van der Waals surface area contributed by atoms with Gasteiger partial charge in [-0.1, -0.05) is 22.9 Å². The van der Waals surface area contributed by atoms with Gasteiger partial charge in [0, 0.05) is 25.7 Å². The lowest BCUT2D eigenvalue weighted by Crippen LogP contribution is -2.24. The summed E-state index contributed by atoms with van der Waals surface area (Å²) in [6.07, 6.45) is 0. The summed E-state index contributed by atoms with van der Waals surface area (Å²) in [6, 6.07) is 6.24. The van der Waals surface area contributed by atoms with Crippen molar-refractivity contribution < 1.29 is 13.2 Å². The molecule has 112 valence electrons. The minimum Gasteiger partial charge on any atom is -0.306 e. The van der Waals surface area contributed by atoms with Crippen LogP contribution in [0, 0.1) is 21.0 Å². The Bertz CT molecular complexity index is 640. The third-order valence-corrected chi connectivity index (χ3v) is 4.40. The highest BCUT2D eigenvalue weighted by Crippen LogP contribution is 2.33. The second-order valence-electron chi connectivity index (χ2n) is 4.44. The maximum atomic E-state index is 14.1. The molecule has 6 heteroatoms. The molecule has 0 aromatic heterocycles. The monoisotopic (exact) mass is 469 g/mol. The van der Waals surface area contributed by atoms with Gasteiger partial charge in [0.2, 0.25) is 0 Å². The molecular weight excluding hydrogens is 458 g/mol. The van der Waals surface area contributed by atoms with E-state index in [1.165, 1.54) is 0 Å². The Balaban J connectivity index is 2.61. The molecule has 0 saturated carbocycles. The Morgan fingerprint density at radius 1 is 1.14 bits per heavy atom. The van der Waals surface area contributed by atoms with Crippen LogP contribution < -0.4 is 5.32 Å². The fraction of sp³-hybridized carbons (Fsp3) is 0.200. The predicted octanol–water partition coefficient (Wildman–Crippen LogP) is 5.17. The van der Waals surface area contributed by atoms with Gasteiger partial charge in [-0.3, -0.25) is 0 Å². The molecule has 2 rings (SSSR count). The Morgan fingerprint density at radius 3 is 2.33 bits per heavy atom. The zero-order valence-corrected chi connectivity index (χ0v) is 14.8. The average Bonchev–Trinajstić information content (AvgIpc) is 2.39. The second kappa shape index (κ2) is 7.11. The molecule has 2 aromatic carbocycles. The Morgan fingerprint density at radius 2 is 1.76 bits per heavy atom. The molecule has 0 amide bonds. The standard InChI is InChI=1S/C15H12BrF3IN/c1-2-21-15(10-7-9(20)3-4-11(10)16)14-12(18)5-8(17)6-13(14)19/h3-7,15,21H,2H2,1H3. The average molecular weight is 470 g/mol. The first-order valence-electron chi connectivity index (χ1n) is 6.26. The van der Waals surface area contributed by atoms with Crippen LogP contribution in [-0.2, 0) is 0 Å². The normalized spacial score (nSPS) is 12.5. The molecule has 1 atom stereocenters. The van der Waals surface area contributed by atoms with Crippen LogP contribution in [0.2, 0.25) is 0 Å². The molecule has 0 aliphatic carbocycles. The van der Waals surface area contributed by atoms with Gasteiger partial charge in [0.1, 0.15) is 17.5 Å². The molecule has 0 spiro atoms. The maximum absolute atomic E-state index is 14.1. The molecule has 0 fully saturated rings. The molecule has 0 heterocycles. The van der Waals surface area contributed by atoms with Gasteiger partial charge >= 0.3 is 0 Å². The minimum atomic E-state index is -0.925. The van der Waals surface area contributed by atoms with E-state index in [9.17, 15) is 13.2 Å². The molecule has 0 aliphatic rings. The van der Waals surface area contributed by atoms with Crippen LogP contribution in [0.25, 0.3) is 0 Å². The van der Waals surface area contributed by atoms with E-state index in [2.05, 4.69) is 43.8 Å². The lowest BCUT2D eigenvalue weighted by atomic mass is 9.97. The molecular formula is C15H12BrF3IN. The van der Waals surface area contributed by atoms with Crippen molar-refractivity contribution in [3.63, 3.8) is 0 Å². The highest BCUT2D eigenvalue weighted by atomic mass is 127. The first-order valence-corrected chi connectivity index (χ1v) is 8.14.